The maximum absolute atomic E-state index is 12.4. The van der Waals surface area contributed by atoms with E-state index in [0.29, 0.717) is 24.7 Å². The number of pyridine rings is 1. The highest BCUT2D eigenvalue weighted by atomic mass is 35.5. The van der Waals surface area contributed by atoms with E-state index in [2.05, 4.69) is 4.98 Å². The number of aromatic nitrogens is 1. The van der Waals surface area contributed by atoms with Gasteiger partial charge in [-0.15, -0.1) is 0 Å². The van der Waals surface area contributed by atoms with Crippen molar-refractivity contribution in [1.29, 1.82) is 0 Å². The second-order valence-corrected chi connectivity index (χ2v) is 5.66. The summed E-state index contributed by atoms with van der Waals surface area (Å²) in [6, 6.07) is 13.2. The minimum Gasteiger partial charge on any atom is -0.370 e. The first-order chi connectivity index (χ1) is 11.2. The van der Waals surface area contributed by atoms with E-state index < -0.39 is 0 Å². The van der Waals surface area contributed by atoms with Gasteiger partial charge in [0.2, 0.25) is 5.91 Å². The van der Waals surface area contributed by atoms with E-state index in [4.69, 9.17) is 16.3 Å². The Bertz CT molecular complexity index is 703. The molecular formula is C18H17ClN2O2. The highest BCUT2D eigenvalue weighted by Crippen LogP contribution is 2.28. The molecule has 0 aliphatic carbocycles. The van der Waals surface area contributed by atoms with Crippen molar-refractivity contribution in [3.05, 3.63) is 71.0 Å². The van der Waals surface area contributed by atoms with Crippen molar-refractivity contribution in [3.8, 4) is 0 Å². The summed E-state index contributed by atoms with van der Waals surface area (Å²) in [4.78, 5) is 18.3. The third-order valence-corrected chi connectivity index (χ3v) is 4.06. The van der Waals surface area contributed by atoms with Crippen molar-refractivity contribution in [2.45, 2.75) is 6.10 Å². The second kappa shape index (κ2) is 7.40. The quantitative estimate of drug-likeness (QED) is 0.811. The van der Waals surface area contributed by atoms with Gasteiger partial charge in [-0.05, 0) is 24.3 Å². The van der Waals surface area contributed by atoms with Gasteiger partial charge in [0.25, 0.3) is 0 Å². The van der Waals surface area contributed by atoms with Crippen LogP contribution in [0, 0.1) is 0 Å². The van der Waals surface area contributed by atoms with Gasteiger partial charge >= 0.3 is 0 Å². The summed E-state index contributed by atoms with van der Waals surface area (Å²) in [7, 11) is 0. The maximum Gasteiger partial charge on any atom is 0.246 e. The third-order valence-electron chi connectivity index (χ3n) is 3.71. The molecule has 0 spiro atoms. The van der Waals surface area contributed by atoms with Crippen LogP contribution in [0.4, 0.5) is 0 Å². The second-order valence-electron chi connectivity index (χ2n) is 5.25. The average Bonchev–Trinajstić information content (AvgIpc) is 2.61. The predicted molar refractivity (Wildman–Crippen MR) is 90.0 cm³/mol. The number of amides is 1. The number of benzene rings is 1. The number of hydrogen-bond donors (Lipinski definition) is 0. The van der Waals surface area contributed by atoms with Crippen LogP contribution < -0.4 is 0 Å². The van der Waals surface area contributed by atoms with Crippen molar-refractivity contribution in [2.75, 3.05) is 19.7 Å². The van der Waals surface area contributed by atoms with E-state index in [1.807, 2.05) is 42.5 Å². The summed E-state index contributed by atoms with van der Waals surface area (Å²) in [6.45, 7) is 1.57. The lowest BCUT2D eigenvalue weighted by molar-refractivity contribution is -0.133. The fraction of sp³-hybridized carbons (Fsp3) is 0.222. The van der Waals surface area contributed by atoms with E-state index in [-0.39, 0.29) is 12.0 Å². The molecule has 1 amide bonds. The molecule has 0 saturated carbocycles. The molecule has 4 nitrogen and oxygen atoms in total. The normalized spacial score (nSPS) is 18.3. The molecule has 0 unspecified atom stereocenters. The first-order valence-electron chi connectivity index (χ1n) is 7.48. The third kappa shape index (κ3) is 3.97. The first kappa shape index (κ1) is 15.7. The molecule has 1 aromatic heterocycles. The van der Waals surface area contributed by atoms with Gasteiger partial charge in [-0.25, -0.2) is 0 Å². The Morgan fingerprint density at radius 3 is 2.87 bits per heavy atom. The number of hydrogen-bond acceptors (Lipinski definition) is 3. The number of nitrogens with zero attached hydrogens (tertiary/aromatic N) is 2. The van der Waals surface area contributed by atoms with Crippen LogP contribution in [0.15, 0.2) is 54.7 Å². The fourth-order valence-corrected chi connectivity index (χ4v) is 2.77. The molecule has 3 rings (SSSR count). The fourth-order valence-electron chi connectivity index (χ4n) is 2.51. The van der Waals surface area contributed by atoms with Crippen molar-refractivity contribution in [1.82, 2.24) is 9.88 Å². The Balaban J connectivity index is 1.68. The number of ether oxygens (including phenoxy) is 1. The highest BCUT2D eigenvalue weighted by molar-refractivity contribution is 6.31. The maximum atomic E-state index is 12.4. The SMILES string of the molecule is O=C(/C=C/c1ccccn1)N1CCO[C@@H](c2ccccc2Cl)C1. The van der Waals surface area contributed by atoms with Gasteiger partial charge in [0, 0.05) is 29.4 Å². The van der Waals surface area contributed by atoms with Crippen molar-refractivity contribution in [3.63, 3.8) is 0 Å². The van der Waals surface area contributed by atoms with Gasteiger partial charge in [0.15, 0.2) is 0 Å². The molecule has 1 atom stereocenters. The molecule has 1 aromatic carbocycles. The largest absolute Gasteiger partial charge is 0.370 e. The van der Waals surface area contributed by atoms with Crippen LogP contribution in [0.25, 0.3) is 6.08 Å². The van der Waals surface area contributed by atoms with Crippen LogP contribution in [0.3, 0.4) is 0 Å². The highest BCUT2D eigenvalue weighted by Gasteiger charge is 2.25. The Morgan fingerprint density at radius 1 is 1.26 bits per heavy atom. The Morgan fingerprint density at radius 2 is 2.09 bits per heavy atom. The van der Waals surface area contributed by atoms with Gasteiger partial charge in [0.05, 0.1) is 18.8 Å². The van der Waals surface area contributed by atoms with E-state index >= 15 is 0 Å². The predicted octanol–water partition coefficient (Wildman–Crippen LogP) is 3.35. The Hall–Kier alpha value is -2.17. The zero-order chi connectivity index (χ0) is 16.1. The average molecular weight is 329 g/mol. The molecule has 23 heavy (non-hydrogen) atoms. The first-order valence-corrected chi connectivity index (χ1v) is 7.86. The molecule has 2 aromatic rings. The topological polar surface area (TPSA) is 42.4 Å². The minimum absolute atomic E-state index is 0.0454. The zero-order valence-corrected chi connectivity index (χ0v) is 13.3. The Kier molecular flexibility index (Phi) is 5.05. The molecule has 2 heterocycles. The Labute approximate surface area is 140 Å². The lowest BCUT2D eigenvalue weighted by Crippen LogP contribution is -2.41. The zero-order valence-electron chi connectivity index (χ0n) is 12.6. The monoisotopic (exact) mass is 328 g/mol. The summed E-state index contributed by atoms with van der Waals surface area (Å²) in [5, 5.41) is 0.663. The summed E-state index contributed by atoms with van der Waals surface area (Å²) < 4.78 is 5.77. The number of carbonyl (C=O) groups excluding carboxylic acids is 1. The van der Waals surface area contributed by atoms with Gasteiger partial charge < -0.3 is 9.64 Å². The van der Waals surface area contributed by atoms with Crippen molar-refractivity contribution >= 4 is 23.6 Å². The van der Waals surface area contributed by atoms with E-state index in [0.717, 1.165) is 11.3 Å². The molecule has 1 saturated heterocycles. The van der Waals surface area contributed by atoms with Crippen LogP contribution in [-0.4, -0.2) is 35.5 Å². The van der Waals surface area contributed by atoms with Crippen molar-refractivity contribution in [2.24, 2.45) is 0 Å². The standard InChI is InChI=1S/C18H17ClN2O2/c19-16-7-2-1-6-15(16)17-13-21(11-12-23-17)18(22)9-8-14-5-3-4-10-20-14/h1-10,17H,11-13H2/b9-8+/t17-/m1/s1. The summed E-state index contributed by atoms with van der Waals surface area (Å²) in [5.41, 5.74) is 1.68. The molecule has 1 aliphatic rings. The summed E-state index contributed by atoms with van der Waals surface area (Å²) >= 11 is 6.22. The van der Waals surface area contributed by atoms with Crippen LogP contribution in [0.5, 0.6) is 0 Å². The number of rotatable bonds is 3. The summed E-state index contributed by atoms with van der Waals surface area (Å²) in [6.07, 6.45) is 4.79. The molecule has 5 heteroatoms. The number of halogens is 1. The van der Waals surface area contributed by atoms with Crippen LogP contribution in [0.2, 0.25) is 5.02 Å². The lowest BCUT2D eigenvalue weighted by Gasteiger charge is -2.33. The molecule has 1 aliphatic heterocycles. The van der Waals surface area contributed by atoms with Crippen LogP contribution in [-0.2, 0) is 9.53 Å². The number of morpholine rings is 1. The molecule has 1 fully saturated rings. The van der Waals surface area contributed by atoms with E-state index in [1.165, 1.54) is 0 Å². The number of carbonyl (C=O) groups is 1. The molecule has 0 N–H and O–H groups in total. The van der Waals surface area contributed by atoms with Gasteiger partial charge in [-0.3, -0.25) is 9.78 Å². The van der Waals surface area contributed by atoms with E-state index in [9.17, 15) is 4.79 Å². The smallest absolute Gasteiger partial charge is 0.246 e. The van der Waals surface area contributed by atoms with Crippen molar-refractivity contribution < 1.29 is 9.53 Å². The van der Waals surface area contributed by atoms with Crippen LogP contribution in [0.1, 0.15) is 17.4 Å². The van der Waals surface area contributed by atoms with Gasteiger partial charge in [0.1, 0.15) is 6.10 Å². The van der Waals surface area contributed by atoms with Gasteiger partial charge in [-0.2, -0.15) is 0 Å². The van der Waals surface area contributed by atoms with Crippen LogP contribution >= 0.6 is 11.6 Å². The minimum atomic E-state index is -0.190. The molecule has 0 bridgehead atoms. The summed E-state index contributed by atoms with van der Waals surface area (Å²) in [5.74, 6) is -0.0454. The molecule has 0 radical (unpaired) electrons. The lowest BCUT2D eigenvalue weighted by atomic mass is 10.1. The van der Waals surface area contributed by atoms with Gasteiger partial charge in [-0.1, -0.05) is 35.9 Å². The molecular weight excluding hydrogens is 312 g/mol. The van der Waals surface area contributed by atoms with E-state index in [1.54, 1.807) is 23.2 Å². The molecule has 118 valence electrons.